The summed E-state index contributed by atoms with van der Waals surface area (Å²) in [4.78, 5) is 13.8. The third-order valence-electron chi connectivity index (χ3n) is 3.72. The molecule has 0 radical (unpaired) electrons. The van der Waals surface area contributed by atoms with Crippen molar-refractivity contribution in [2.75, 3.05) is 33.3 Å². The zero-order valence-corrected chi connectivity index (χ0v) is 14.6. The molecule has 0 rings (SSSR count). The Morgan fingerprint density at radius 3 is 2.32 bits per heavy atom. The summed E-state index contributed by atoms with van der Waals surface area (Å²) in [6.07, 6.45) is 14.0. The predicted octanol–water partition coefficient (Wildman–Crippen LogP) is 3.11. The zero-order valence-electron chi connectivity index (χ0n) is 14.6. The highest BCUT2D eigenvalue weighted by molar-refractivity contribution is 5.87. The van der Waals surface area contributed by atoms with Gasteiger partial charge in [0, 0.05) is 19.7 Å². The van der Waals surface area contributed by atoms with Gasteiger partial charge in [0.05, 0.1) is 0 Å². The number of amides is 1. The number of nitrogens with one attached hydrogen (secondary N) is 1. The fourth-order valence-corrected chi connectivity index (χ4v) is 2.28. The van der Waals surface area contributed by atoms with Gasteiger partial charge in [0.15, 0.2) is 0 Å². The molecule has 130 valence electrons. The van der Waals surface area contributed by atoms with E-state index in [2.05, 4.69) is 24.2 Å². The molecule has 0 bridgehead atoms. The van der Waals surface area contributed by atoms with E-state index in [1.807, 2.05) is 6.08 Å². The number of hydrogen-bond donors (Lipinski definition) is 2. The molecule has 4 nitrogen and oxygen atoms in total. The van der Waals surface area contributed by atoms with Crippen molar-refractivity contribution in [3.05, 3.63) is 12.2 Å². The van der Waals surface area contributed by atoms with Crippen molar-refractivity contribution in [3.63, 3.8) is 0 Å². The topological polar surface area (TPSA) is 52.6 Å². The summed E-state index contributed by atoms with van der Waals surface area (Å²) in [6, 6.07) is 0. The molecule has 0 aliphatic carbocycles. The van der Waals surface area contributed by atoms with Gasteiger partial charge in [-0.15, -0.1) is 0 Å². The van der Waals surface area contributed by atoms with Crippen molar-refractivity contribution in [2.45, 2.75) is 64.7 Å². The Bertz CT molecular complexity index is 280. The van der Waals surface area contributed by atoms with Crippen LogP contribution in [-0.4, -0.2) is 49.2 Å². The molecule has 0 aromatic carbocycles. The average molecular weight is 312 g/mol. The van der Waals surface area contributed by atoms with Gasteiger partial charge < -0.3 is 15.3 Å². The monoisotopic (exact) mass is 312 g/mol. The first-order chi connectivity index (χ1) is 10.7. The van der Waals surface area contributed by atoms with Gasteiger partial charge in [-0.1, -0.05) is 51.5 Å². The van der Waals surface area contributed by atoms with Crippen molar-refractivity contribution >= 4 is 5.91 Å². The molecule has 22 heavy (non-hydrogen) atoms. The van der Waals surface area contributed by atoms with E-state index in [0.717, 1.165) is 38.8 Å². The molecule has 0 aliphatic heterocycles. The number of aliphatic hydroxyl groups excluding tert-OH is 1. The highest BCUT2D eigenvalue weighted by atomic mass is 16.2. The van der Waals surface area contributed by atoms with E-state index in [0.29, 0.717) is 13.2 Å². The van der Waals surface area contributed by atoms with Crippen LogP contribution in [0.4, 0.5) is 0 Å². The van der Waals surface area contributed by atoms with Crippen molar-refractivity contribution in [1.29, 1.82) is 0 Å². The van der Waals surface area contributed by atoms with Gasteiger partial charge in [-0.05, 0) is 38.9 Å². The van der Waals surface area contributed by atoms with Crippen LogP contribution in [0.2, 0.25) is 0 Å². The molecule has 0 fully saturated rings. The van der Waals surface area contributed by atoms with E-state index in [-0.39, 0.29) is 5.91 Å². The normalized spacial score (nSPS) is 11.5. The molecule has 0 saturated heterocycles. The first-order valence-electron chi connectivity index (χ1n) is 8.94. The molecule has 4 heteroatoms. The summed E-state index contributed by atoms with van der Waals surface area (Å²) in [7, 11) is 2.11. The summed E-state index contributed by atoms with van der Waals surface area (Å²) in [5.74, 6) is 0.0183. The number of allylic oxidation sites excluding steroid dienone is 1. The van der Waals surface area contributed by atoms with Crippen LogP contribution in [0.25, 0.3) is 0 Å². The first-order valence-corrected chi connectivity index (χ1v) is 8.94. The highest BCUT2D eigenvalue weighted by Crippen LogP contribution is 2.07. The smallest absolute Gasteiger partial charge is 0.243 e. The molecule has 0 atom stereocenters. The van der Waals surface area contributed by atoms with Gasteiger partial charge in [0.2, 0.25) is 5.91 Å². The Labute approximate surface area is 137 Å². The zero-order chi connectivity index (χ0) is 16.5. The van der Waals surface area contributed by atoms with Crippen LogP contribution < -0.4 is 5.32 Å². The Morgan fingerprint density at radius 1 is 1.05 bits per heavy atom. The third kappa shape index (κ3) is 15.5. The maximum Gasteiger partial charge on any atom is 0.243 e. The van der Waals surface area contributed by atoms with Gasteiger partial charge in [0.1, 0.15) is 0 Å². The number of unbranched alkanes of at least 4 members (excludes halogenated alkanes) is 7. The van der Waals surface area contributed by atoms with Crippen LogP contribution in [0, 0.1) is 0 Å². The van der Waals surface area contributed by atoms with Gasteiger partial charge in [-0.25, -0.2) is 0 Å². The second-order valence-electron chi connectivity index (χ2n) is 5.98. The molecule has 0 saturated carbocycles. The van der Waals surface area contributed by atoms with E-state index in [4.69, 9.17) is 5.11 Å². The van der Waals surface area contributed by atoms with Crippen LogP contribution in [-0.2, 0) is 4.79 Å². The quantitative estimate of drug-likeness (QED) is 0.361. The van der Waals surface area contributed by atoms with E-state index in [1.165, 1.54) is 32.1 Å². The second-order valence-corrected chi connectivity index (χ2v) is 5.98. The highest BCUT2D eigenvalue weighted by Gasteiger charge is 2.00. The number of nitrogens with zero attached hydrogens (tertiary/aromatic N) is 1. The molecule has 2 N–H and O–H groups in total. The van der Waals surface area contributed by atoms with Crippen molar-refractivity contribution < 1.29 is 9.90 Å². The molecule has 0 aromatic rings. The minimum absolute atomic E-state index is 0.0183. The maximum atomic E-state index is 11.5. The fourth-order valence-electron chi connectivity index (χ4n) is 2.28. The largest absolute Gasteiger partial charge is 0.396 e. The number of likely N-dealkylation sites (N-methyl/N-ethyl adjacent to an activating group) is 1. The molecule has 0 spiro atoms. The number of hydrogen-bond acceptors (Lipinski definition) is 3. The molecule has 0 aromatic heterocycles. The van der Waals surface area contributed by atoms with Crippen LogP contribution in [0.5, 0.6) is 0 Å². The lowest BCUT2D eigenvalue weighted by Crippen LogP contribution is -2.32. The lowest BCUT2D eigenvalue weighted by atomic mass is 10.1. The SMILES string of the molecule is CCC/C=C/C(=O)NCCN(C)CCCCCCCCCO. The predicted molar refractivity (Wildman–Crippen MR) is 94.0 cm³/mol. The van der Waals surface area contributed by atoms with E-state index >= 15 is 0 Å². The molecular formula is C18H36N2O2. The Kier molecular flexibility index (Phi) is 15.8. The molecule has 0 unspecified atom stereocenters. The lowest BCUT2D eigenvalue weighted by molar-refractivity contribution is -0.116. The number of rotatable bonds is 15. The van der Waals surface area contributed by atoms with Crippen LogP contribution in [0.15, 0.2) is 12.2 Å². The second kappa shape index (κ2) is 16.5. The van der Waals surface area contributed by atoms with Gasteiger partial charge >= 0.3 is 0 Å². The van der Waals surface area contributed by atoms with Crippen LogP contribution in [0.3, 0.4) is 0 Å². The summed E-state index contributed by atoms with van der Waals surface area (Å²) in [5.41, 5.74) is 0. The number of carbonyl (C=O) groups excluding carboxylic acids is 1. The maximum absolute atomic E-state index is 11.5. The minimum Gasteiger partial charge on any atom is -0.396 e. The van der Waals surface area contributed by atoms with Crippen LogP contribution >= 0.6 is 0 Å². The standard InChI is InChI=1S/C18H36N2O2/c1-3-4-10-13-18(22)19-14-16-20(2)15-11-8-6-5-7-9-12-17-21/h10,13,21H,3-9,11-12,14-17H2,1-2H3,(H,19,22)/b13-10+. The number of aliphatic hydroxyl groups is 1. The first kappa shape index (κ1) is 21.1. The van der Waals surface area contributed by atoms with Gasteiger partial charge in [-0.2, -0.15) is 0 Å². The van der Waals surface area contributed by atoms with Crippen molar-refractivity contribution in [3.8, 4) is 0 Å². The molecule has 1 amide bonds. The molecular weight excluding hydrogens is 276 g/mol. The van der Waals surface area contributed by atoms with Crippen molar-refractivity contribution in [1.82, 2.24) is 10.2 Å². The van der Waals surface area contributed by atoms with Gasteiger partial charge in [0.25, 0.3) is 0 Å². The Morgan fingerprint density at radius 2 is 1.68 bits per heavy atom. The van der Waals surface area contributed by atoms with E-state index < -0.39 is 0 Å². The minimum atomic E-state index is 0.0183. The van der Waals surface area contributed by atoms with E-state index in [1.54, 1.807) is 6.08 Å². The Hall–Kier alpha value is -0.870. The Balaban J connectivity index is 3.35. The van der Waals surface area contributed by atoms with Crippen LogP contribution in [0.1, 0.15) is 64.7 Å². The fraction of sp³-hybridized carbons (Fsp3) is 0.833. The number of carbonyl (C=O) groups is 1. The lowest BCUT2D eigenvalue weighted by Gasteiger charge is -2.16. The summed E-state index contributed by atoms with van der Waals surface area (Å²) < 4.78 is 0. The van der Waals surface area contributed by atoms with E-state index in [9.17, 15) is 4.79 Å². The average Bonchev–Trinajstić information content (AvgIpc) is 2.50. The third-order valence-corrected chi connectivity index (χ3v) is 3.72. The van der Waals surface area contributed by atoms with Gasteiger partial charge in [-0.3, -0.25) is 4.79 Å². The molecule has 0 aliphatic rings. The summed E-state index contributed by atoms with van der Waals surface area (Å²) in [6.45, 7) is 5.15. The molecule has 0 heterocycles. The summed E-state index contributed by atoms with van der Waals surface area (Å²) in [5, 5.41) is 11.6. The van der Waals surface area contributed by atoms with Crippen molar-refractivity contribution in [2.24, 2.45) is 0 Å². The summed E-state index contributed by atoms with van der Waals surface area (Å²) >= 11 is 0.